The summed E-state index contributed by atoms with van der Waals surface area (Å²) in [4.78, 5) is 26.0. The van der Waals surface area contributed by atoms with E-state index in [1.807, 2.05) is 24.3 Å². The van der Waals surface area contributed by atoms with Crippen molar-refractivity contribution in [2.24, 2.45) is 11.8 Å². The SMILES string of the molecule is O=C(O)C1[C@@H](c2ccc(O)cc2)C(C(=O)Oc2cccc3c2C=CCC3)[C@@H]1c1ccc(O)cc1. The summed E-state index contributed by atoms with van der Waals surface area (Å²) in [6.45, 7) is 0. The fraction of sp³-hybridized carbons (Fsp3) is 0.214. The molecule has 0 spiro atoms. The van der Waals surface area contributed by atoms with E-state index in [9.17, 15) is 24.9 Å². The summed E-state index contributed by atoms with van der Waals surface area (Å²) in [5.41, 5.74) is 3.28. The molecule has 0 saturated heterocycles. The number of ether oxygens (including phenoxy) is 1. The molecule has 34 heavy (non-hydrogen) atoms. The number of benzene rings is 3. The topological polar surface area (TPSA) is 104 Å². The summed E-state index contributed by atoms with van der Waals surface area (Å²) in [5.74, 6) is -3.79. The zero-order chi connectivity index (χ0) is 23.8. The normalized spacial score (nSPS) is 22.9. The second-order valence-electron chi connectivity index (χ2n) is 8.82. The first-order valence-corrected chi connectivity index (χ1v) is 11.2. The van der Waals surface area contributed by atoms with Crippen molar-refractivity contribution in [3.63, 3.8) is 0 Å². The molecule has 3 aromatic rings. The summed E-state index contributed by atoms with van der Waals surface area (Å²) in [5, 5.41) is 29.5. The molecule has 6 heteroatoms. The molecule has 0 aromatic heterocycles. The van der Waals surface area contributed by atoms with Gasteiger partial charge >= 0.3 is 11.9 Å². The van der Waals surface area contributed by atoms with Crippen molar-refractivity contribution in [3.05, 3.63) is 95.1 Å². The minimum atomic E-state index is -1.01. The number of carboxylic acids is 1. The lowest BCUT2D eigenvalue weighted by Gasteiger charge is -2.49. The molecule has 2 aliphatic carbocycles. The van der Waals surface area contributed by atoms with Gasteiger partial charge in [-0.3, -0.25) is 9.59 Å². The molecule has 2 aliphatic rings. The first kappa shape index (κ1) is 21.8. The number of esters is 1. The van der Waals surface area contributed by atoms with Crippen LogP contribution in [0.25, 0.3) is 6.08 Å². The molecule has 0 unspecified atom stereocenters. The van der Waals surface area contributed by atoms with E-state index in [1.54, 1.807) is 30.3 Å². The van der Waals surface area contributed by atoms with Gasteiger partial charge in [-0.1, -0.05) is 48.6 Å². The van der Waals surface area contributed by atoms with E-state index >= 15 is 0 Å². The largest absolute Gasteiger partial charge is 0.508 e. The van der Waals surface area contributed by atoms with Crippen molar-refractivity contribution in [1.29, 1.82) is 0 Å². The van der Waals surface area contributed by atoms with Gasteiger partial charge in [0.1, 0.15) is 17.2 Å². The number of fused-ring (bicyclic) bond motifs is 1. The number of aliphatic carboxylic acids is 1. The maximum absolute atomic E-state index is 13.6. The average molecular weight is 456 g/mol. The Bertz CT molecular complexity index is 1210. The van der Waals surface area contributed by atoms with Crippen molar-refractivity contribution in [2.75, 3.05) is 0 Å². The van der Waals surface area contributed by atoms with Crippen molar-refractivity contribution < 1.29 is 29.6 Å². The molecule has 0 radical (unpaired) electrons. The van der Waals surface area contributed by atoms with Gasteiger partial charge in [-0.15, -0.1) is 0 Å². The molecule has 1 fully saturated rings. The van der Waals surface area contributed by atoms with Gasteiger partial charge in [0.15, 0.2) is 0 Å². The highest BCUT2D eigenvalue weighted by Gasteiger charge is 2.59. The van der Waals surface area contributed by atoms with Gasteiger partial charge in [0.25, 0.3) is 0 Å². The van der Waals surface area contributed by atoms with Gasteiger partial charge in [-0.2, -0.15) is 0 Å². The predicted molar refractivity (Wildman–Crippen MR) is 126 cm³/mol. The molecule has 1 saturated carbocycles. The van der Waals surface area contributed by atoms with Gasteiger partial charge < -0.3 is 20.1 Å². The number of allylic oxidation sites excluding steroid dienone is 1. The number of carbonyl (C=O) groups excluding carboxylic acids is 1. The molecular formula is C28H24O6. The van der Waals surface area contributed by atoms with Crippen LogP contribution < -0.4 is 4.74 Å². The molecule has 6 nitrogen and oxygen atoms in total. The van der Waals surface area contributed by atoms with Crippen molar-refractivity contribution in [3.8, 4) is 17.2 Å². The molecule has 0 aliphatic heterocycles. The molecule has 5 rings (SSSR count). The molecule has 3 aromatic carbocycles. The number of phenolic OH excluding ortho intramolecular Hbond substituents is 2. The highest BCUT2D eigenvalue weighted by molar-refractivity contribution is 5.86. The van der Waals surface area contributed by atoms with Crippen LogP contribution in [0, 0.1) is 11.8 Å². The van der Waals surface area contributed by atoms with Crippen LogP contribution in [0.15, 0.2) is 72.8 Å². The Balaban J connectivity index is 1.54. The number of hydrogen-bond donors (Lipinski definition) is 3. The average Bonchev–Trinajstić information content (AvgIpc) is 2.81. The van der Waals surface area contributed by atoms with Crippen LogP contribution in [0.4, 0.5) is 0 Å². The van der Waals surface area contributed by atoms with E-state index in [0.29, 0.717) is 16.9 Å². The van der Waals surface area contributed by atoms with Gasteiger partial charge in [0, 0.05) is 17.4 Å². The summed E-state index contributed by atoms with van der Waals surface area (Å²) in [7, 11) is 0. The monoisotopic (exact) mass is 456 g/mol. The van der Waals surface area contributed by atoms with Crippen LogP contribution in [0.2, 0.25) is 0 Å². The quantitative estimate of drug-likeness (QED) is 0.374. The fourth-order valence-electron chi connectivity index (χ4n) is 5.27. The number of carbonyl (C=O) groups is 2. The molecule has 172 valence electrons. The third-order valence-corrected chi connectivity index (χ3v) is 6.89. The standard InChI is InChI=1S/C28H24O6/c29-19-12-8-17(9-13-19)23-25(27(31)32)24(18-10-14-20(30)15-11-18)26(23)28(33)34-22-7-3-5-16-4-1-2-6-21(16)22/h2-3,5-15,23-26,29-30H,1,4H2,(H,31,32)/t23-,24-,25?,26?/m1/s1. The van der Waals surface area contributed by atoms with Gasteiger partial charge in [0.2, 0.25) is 0 Å². The van der Waals surface area contributed by atoms with Crippen LogP contribution in [-0.4, -0.2) is 27.3 Å². The molecule has 2 atom stereocenters. The van der Waals surface area contributed by atoms with E-state index in [0.717, 1.165) is 24.0 Å². The number of phenols is 2. The molecule has 0 bridgehead atoms. The number of aromatic hydroxyl groups is 2. The van der Waals surface area contributed by atoms with Crippen molar-refractivity contribution >= 4 is 18.0 Å². The number of carboxylic acid groups (broad SMARTS) is 1. The van der Waals surface area contributed by atoms with Crippen LogP contribution in [0.5, 0.6) is 17.2 Å². The Kier molecular flexibility index (Phi) is 5.57. The predicted octanol–water partition coefficient (Wildman–Crippen LogP) is 4.86. The summed E-state index contributed by atoms with van der Waals surface area (Å²) < 4.78 is 5.91. The Morgan fingerprint density at radius 3 is 1.94 bits per heavy atom. The maximum Gasteiger partial charge on any atom is 0.315 e. The van der Waals surface area contributed by atoms with E-state index in [1.165, 1.54) is 24.3 Å². The fourth-order valence-corrected chi connectivity index (χ4v) is 5.27. The number of rotatable bonds is 5. The third kappa shape index (κ3) is 3.81. The lowest BCUT2D eigenvalue weighted by Crippen LogP contribution is -2.52. The third-order valence-electron chi connectivity index (χ3n) is 6.89. The highest BCUT2D eigenvalue weighted by Crippen LogP contribution is 2.58. The Hall–Kier alpha value is -4.06. The second kappa shape index (κ2) is 8.71. The zero-order valence-corrected chi connectivity index (χ0v) is 18.3. The molecule has 0 amide bonds. The Morgan fingerprint density at radius 1 is 0.794 bits per heavy atom. The van der Waals surface area contributed by atoms with E-state index in [2.05, 4.69) is 0 Å². The highest BCUT2D eigenvalue weighted by atomic mass is 16.5. The molecule has 3 N–H and O–H groups in total. The van der Waals surface area contributed by atoms with Crippen LogP contribution in [-0.2, 0) is 16.0 Å². The van der Waals surface area contributed by atoms with Gasteiger partial charge in [-0.05, 0) is 59.9 Å². The lowest BCUT2D eigenvalue weighted by atomic mass is 9.52. The molecular weight excluding hydrogens is 432 g/mol. The molecule has 0 heterocycles. The van der Waals surface area contributed by atoms with Gasteiger partial charge in [-0.25, -0.2) is 0 Å². The summed E-state index contributed by atoms with van der Waals surface area (Å²) in [6, 6.07) is 18.2. The maximum atomic E-state index is 13.6. The van der Waals surface area contributed by atoms with Crippen LogP contribution in [0.3, 0.4) is 0 Å². The minimum absolute atomic E-state index is 0.0619. The Morgan fingerprint density at radius 2 is 1.38 bits per heavy atom. The van der Waals surface area contributed by atoms with Crippen molar-refractivity contribution in [2.45, 2.75) is 24.7 Å². The van der Waals surface area contributed by atoms with E-state index in [4.69, 9.17) is 4.74 Å². The number of hydrogen-bond acceptors (Lipinski definition) is 5. The van der Waals surface area contributed by atoms with Crippen molar-refractivity contribution in [1.82, 2.24) is 0 Å². The summed E-state index contributed by atoms with van der Waals surface area (Å²) >= 11 is 0. The Labute approximate surface area is 196 Å². The van der Waals surface area contributed by atoms with Crippen LogP contribution in [0.1, 0.15) is 40.5 Å². The van der Waals surface area contributed by atoms with Crippen LogP contribution >= 0.6 is 0 Å². The minimum Gasteiger partial charge on any atom is -0.508 e. The van der Waals surface area contributed by atoms with E-state index < -0.39 is 35.6 Å². The smallest absolute Gasteiger partial charge is 0.315 e. The first-order valence-electron chi connectivity index (χ1n) is 11.2. The first-order chi connectivity index (χ1) is 16.4. The second-order valence-corrected chi connectivity index (χ2v) is 8.82. The lowest BCUT2D eigenvalue weighted by molar-refractivity contribution is -0.158. The van der Waals surface area contributed by atoms with E-state index in [-0.39, 0.29) is 11.5 Å². The number of aryl methyl sites for hydroxylation is 1. The summed E-state index contributed by atoms with van der Waals surface area (Å²) in [6.07, 6.45) is 5.80. The zero-order valence-electron chi connectivity index (χ0n) is 18.3. The van der Waals surface area contributed by atoms with Gasteiger partial charge in [0.05, 0.1) is 11.8 Å².